The molecule has 0 bridgehead atoms. The van der Waals surface area contributed by atoms with Crippen LogP contribution in [-0.2, 0) is 4.74 Å². The number of ether oxygens (including phenoxy) is 1. The first-order valence-electron chi connectivity index (χ1n) is 5.51. The summed E-state index contributed by atoms with van der Waals surface area (Å²) >= 11 is 0. The molecular weight excluding hydrogens is 204 g/mol. The van der Waals surface area contributed by atoms with Crippen molar-refractivity contribution in [3.63, 3.8) is 0 Å². The maximum atomic E-state index is 11.9. The average Bonchev–Trinajstić information content (AvgIpc) is 2.65. The first kappa shape index (κ1) is 11.1. The highest BCUT2D eigenvalue weighted by molar-refractivity contribution is 5.90. The third-order valence-electron chi connectivity index (χ3n) is 2.92. The number of carbonyl (C=O) groups excluding carboxylic acids is 1. The van der Waals surface area contributed by atoms with E-state index in [1.54, 1.807) is 18.3 Å². The van der Waals surface area contributed by atoms with Crippen molar-refractivity contribution in [2.75, 3.05) is 13.6 Å². The van der Waals surface area contributed by atoms with Crippen LogP contribution in [0.15, 0.2) is 18.3 Å². The van der Waals surface area contributed by atoms with Crippen LogP contribution in [0.3, 0.4) is 0 Å². The molecule has 2 heterocycles. The number of hydrogen-bond donors (Lipinski definition) is 0. The smallest absolute Gasteiger partial charge is 0.341 e. The highest BCUT2D eigenvalue weighted by Crippen LogP contribution is 2.18. The van der Waals surface area contributed by atoms with Gasteiger partial charge in [0.15, 0.2) is 6.23 Å². The Morgan fingerprint density at radius 2 is 2.44 bits per heavy atom. The summed E-state index contributed by atoms with van der Waals surface area (Å²) in [5.41, 5.74) is 1.27. The summed E-state index contributed by atoms with van der Waals surface area (Å²) in [4.78, 5) is 18.0. The van der Waals surface area contributed by atoms with Gasteiger partial charge in [-0.05, 0) is 38.9 Å². The molecule has 1 fully saturated rings. The molecule has 1 aliphatic rings. The first-order chi connectivity index (χ1) is 7.68. The molecule has 16 heavy (non-hydrogen) atoms. The molecular formula is C12H16N2O2. The van der Waals surface area contributed by atoms with Crippen LogP contribution in [0, 0.1) is 6.92 Å². The lowest BCUT2D eigenvalue weighted by molar-refractivity contribution is -0.00603. The van der Waals surface area contributed by atoms with Gasteiger partial charge in [-0.2, -0.15) is 0 Å². The molecule has 1 aromatic rings. The number of hydrogen-bond acceptors (Lipinski definition) is 4. The Balaban J connectivity index is 2.06. The monoisotopic (exact) mass is 220 g/mol. The SMILES string of the molecule is Cc1ncccc1C(=O)O[C@H]1CCCN1C. The fourth-order valence-electron chi connectivity index (χ4n) is 1.92. The van der Waals surface area contributed by atoms with Crippen molar-refractivity contribution in [3.8, 4) is 0 Å². The molecule has 1 atom stereocenters. The lowest BCUT2D eigenvalue weighted by atomic mass is 10.2. The van der Waals surface area contributed by atoms with E-state index in [4.69, 9.17) is 4.74 Å². The third-order valence-corrected chi connectivity index (χ3v) is 2.92. The maximum Gasteiger partial charge on any atom is 0.341 e. The molecule has 0 amide bonds. The third kappa shape index (κ3) is 2.22. The van der Waals surface area contributed by atoms with Gasteiger partial charge >= 0.3 is 5.97 Å². The number of esters is 1. The minimum atomic E-state index is -0.274. The van der Waals surface area contributed by atoms with E-state index in [2.05, 4.69) is 9.88 Å². The van der Waals surface area contributed by atoms with Crippen LogP contribution >= 0.6 is 0 Å². The Morgan fingerprint density at radius 3 is 3.06 bits per heavy atom. The molecule has 86 valence electrons. The van der Waals surface area contributed by atoms with Crippen LogP contribution in [0.2, 0.25) is 0 Å². The Hall–Kier alpha value is -1.42. The maximum absolute atomic E-state index is 11.9. The Kier molecular flexibility index (Phi) is 3.19. The lowest BCUT2D eigenvalue weighted by Gasteiger charge is -2.19. The molecule has 2 rings (SSSR count). The predicted octanol–water partition coefficient (Wildman–Crippen LogP) is 1.60. The molecule has 0 aromatic carbocycles. The molecule has 0 N–H and O–H groups in total. The van der Waals surface area contributed by atoms with Gasteiger partial charge in [-0.1, -0.05) is 0 Å². The van der Waals surface area contributed by atoms with Gasteiger partial charge < -0.3 is 4.74 Å². The minimum absolute atomic E-state index is 0.0768. The van der Waals surface area contributed by atoms with E-state index in [9.17, 15) is 4.79 Å². The molecule has 0 aliphatic carbocycles. The van der Waals surface area contributed by atoms with E-state index >= 15 is 0 Å². The fraction of sp³-hybridized carbons (Fsp3) is 0.500. The molecule has 1 aliphatic heterocycles. The number of pyridine rings is 1. The number of likely N-dealkylation sites (tertiary alicyclic amines) is 1. The van der Waals surface area contributed by atoms with Crippen molar-refractivity contribution in [1.82, 2.24) is 9.88 Å². The predicted molar refractivity (Wildman–Crippen MR) is 60.0 cm³/mol. The quantitative estimate of drug-likeness (QED) is 0.710. The summed E-state index contributed by atoms with van der Waals surface area (Å²) in [6.07, 6.45) is 3.60. The van der Waals surface area contributed by atoms with Crippen molar-refractivity contribution >= 4 is 5.97 Å². The van der Waals surface area contributed by atoms with Gasteiger partial charge in [0.05, 0.1) is 11.3 Å². The van der Waals surface area contributed by atoms with Gasteiger partial charge in [0.25, 0.3) is 0 Å². The van der Waals surface area contributed by atoms with Crippen molar-refractivity contribution in [1.29, 1.82) is 0 Å². The van der Waals surface area contributed by atoms with Gasteiger partial charge in [-0.15, -0.1) is 0 Å². The van der Waals surface area contributed by atoms with E-state index < -0.39 is 0 Å². The Labute approximate surface area is 95.2 Å². The standard InChI is InChI=1S/C12H16N2O2/c1-9-10(5-3-7-13-9)12(15)16-11-6-4-8-14(11)2/h3,5,7,11H,4,6,8H2,1-2H3/t11-/m0/s1. The summed E-state index contributed by atoms with van der Waals surface area (Å²) in [5.74, 6) is -0.274. The van der Waals surface area contributed by atoms with E-state index in [0.29, 0.717) is 11.3 Å². The van der Waals surface area contributed by atoms with Gasteiger partial charge in [0.2, 0.25) is 0 Å². The number of aryl methyl sites for hydroxylation is 1. The van der Waals surface area contributed by atoms with Crippen LogP contribution in [0.25, 0.3) is 0 Å². The molecule has 0 saturated carbocycles. The second kappa shape index (κ2) is 4.61. The van der Waals surface area contributed by atoms with Crippen molar-refractivity contribution in [2.45, 2.75) is 26.0 Å². The van der Waals surface area contributed by atoms with E-state index in [1.807, 2.05) is 14.0 Å². The largest absolute Gasteiger partial charge is 0.443 e. The zero-order chi connectivity index (χ0) is 11.5. The van der Waals surface area contributed by atoms with E-state index in [1.165, 1.54) is 0 Å². The second-order valence-corrected chi connectivity index (χ2v) is 4.12. The number of nitrogens with zero attached hydrogens (tertiary/aromatic N) is 2. The zero-order valence-corrected chi connectivity index (χ0v) is 9.64. The van der Waals surface area contributed by atoms with Crippen LogP contribution in [0.4, 0.5) is 0 Å². The van der Waals surface area contributed by atoms with Gasteiger partial charge in [-0.3, -0.25) is 9.88 Å². The van der Waals surface area contributed by atoms with Crippen molar-refractivity contribution in [3.05, 3.63) is 29.6 Å². The van der Waals surface area contributed by atoms with Crippen LogP contribution in [0.1, 0.15) is 28.9 Å². The molecule has 0 spiro atoms. The van der Waals surface area contributed by atoms with E-state index in [0.717, 1.165) is 19.4 Å². The molecule has 1 saturated heterocycles. The second-order valence-electron chi connectivity index (χ2n) is 4.12. The highest BCUT2D eigenvalue weighted by atomic mass is 16.6. The van der Waals surface area contributed by atoms with Gasteiger partial charge in [0, 0.05) is 12.7 Å². The van der Waals surface area contributed by atoms with Gasteiger partial charge in [0.1, 0.15) is 0 Å². The lowest BCUT2D eigenvalue weighted by Crippen LogP contribution is -2.30. The van der Waals surface area contributed by atoms with Crippen LogP contribution in [-0.4, -0.2) is 35.7 Å². The summed E-state index contributed by atoms with van der Waals surface area (Å²) < 4.78 is 5.44. The molecule has 4 heteroatoms. The molecule has 0 unspecified atom stereocenters. The molecule has 0 radical (unpaired) electrons. The Morgan fingerprint density at radius 1 is 1.62 bits per heavy atom. The highest BCUT2D eigenvalue weighted by Gasteiger charge is 2.25. The summed E-state index contributed by atoms with van der Waals surface area (Å²) in [7, 11) is 1.97. The van der Waals surface area contributed by atoms with Gasteiger partial charge in [-0.25, -0.2) is 4.79 Å². The average molecular weight is 220 g/mol. The van der Waals surface area contributed by atoms with Crippen LogP contribution in [0.5, 0.6) is 0 Å². The van der Waals surface area contributed by atoms with E-state index in [-0.39, 0.29) is 12.2 Å². The molecule has 1 aromatic heterocycles. The first-order valence-corrected chi connectivity index (χ1v) is 5.51. The fourth-order valence-corrected chi connectivity index (χ4v) is 1.92. The zero-order valence-electron chi connectivity index (χ0n) is 9.64. The summed E-state index contributed by atoms with van der Waals surface area (Å²) in [5, 5.41) is 0. The summed E-state index contributed by atoms with van der Waals surface area (Å²) in [6, 6.07) is 3.50. The number of carbonyl (C=O) groups is 1. The normalized spacial score (nSPS) is 21.0. The number of rotatable bonds is 2. The Bertz CT molecular complexity index is 392. The van der Waals surface area contributed by atoms with Crippen LogP contribution < -0.4 is 0 Å². The number of aromatic nitrogens is 1. The minimum Gasteiger partial charge on any atom is -0.443 e. The van der Waals surface area contributed by atoms with Crippen molar-refractivity contribution in [2.24, 2.45) is 0 Å². The molecule has 4 nitrogen and oxygen atoms in total. The topological polar surface area (TPSA) is 42.4 Å². The summed E-state index contributed by atoms with van der Waals surface area (Å²) in [6.45, 7) is 2.80. The van der Waals surface area contributed by atoms with Crippen molar-refractivity contribution < 1.29 is 9.53 Å².